The Balaban J connectivity index is 2.88. The quantitative estimate of drug-likeness (QED) is 0.705. The number of aryl methyl sites for hydroxylation is 3. The van der Waals surface area contributed by atoms with Gasteiger partial charge in [0, 0.05) is 17.8 Å². The van der Waals surface area contributed by atoms with Crippen LogP contribution in [0.15, 0.2) is 12.1 Å². The molecule has 1 aromatic carbocycles. The molecule has 0 amide bonds. The van der Waals surface area contributed by atoms with Crippen molar-refractivity contribution in [3.63, 3.8) is 0 Å². The topological polar surface area (TPSA) is 32.9 Å². The summed E-state index contributed by atoms with van der Waals surface area (Å²) in [6.07, 6.45) is 0. The van der Waals surface area contributed by atoms with E-state index >= 15 is 0 Å². The standard InChI is InChI=1S/C13H15NO/c1-7-5-8(2)12-11(6-7)9(3)13(14-12)10(4)15/h5-6,14H,1-4H3. The molecule has 0 bridgehead atoms. The number of carbonyl (C=O) groups excluding carboxylic acids is 1. The van der Waals surface area contributed by atoms with Gasteiger partial charge in [-0.1, -0.05) is 11.6 Å². The number of hydrogen-bond acceptors (Lipinski definition) is 1. The van der Waals surface area contributed by atoms with Crippen molar-refractivity contribution in [2.45, 2.75) is 27.7 Å². The smallest absolute Gasteiger partial charge is 0.176 e. The molecule has 0 unspecified atom stereocenters. The van der Waals surface area contributed by atoms with Crippen LogP contribution in [0, 0.1) is 20.8 Å². The van der Waals surface area contributed by atoms with Crippen LogP contribution in [0.4, 0.5) is 0 Å². The minimum Gasteiger partial charge on any atom is -0.352 e. The van der Waals surface area contributed by atoms with E-state index in [1.807, 2.05) is 6.92 Å². The van der Waals surface area contributed by atoms with Crippen molar-refractivity contribution < 1.29 is 4.79 Å². The van der Waals surface area contributed by atoms with Crippen molar-refractivity contribution in [2.75, 3.05) is 0 Å². The first-order valence-electron chi connectivity index (χ1n) is 5.11. The van der Waals surface area contributed by atoms with E-state index in [-0.39, 0.29) is 5.78 Å². The molecule has 2 heteroatoms. The maximum atomic E-state index is 11.4. The molecule has 1 aromatic heterocycles. The first-order chi connectivity index (χ1) is 7.00. The van der Waals surface area contributed by atoms with Gasteiger partial charge in [0.1, 0.15) is 0 Å². The van der Waals surface area contributed by atoms with Gasteiger partial charge in [-0.05, 0) is 38.0 Å². The number of rotatable bonds is 1. The molecule has 0 atom stereocenters. The van der Waals surface area contributed by atoms with Crippen LogP contribution in [0.1, 0.15) is 34.1 Å². The lowest BCUT2D eigenvalue weighted by molar-refractivity contribution is 0.101. The van der Waals surface area contributed by atoms with Gasteiger partial charge < -0.3 is 4.98 Å². The van der Waals surface area contributed by atoms with Gasteiger partial charge in [0.15, 0.2) is 5.78 Å². The highest BCUT2D eigenvalue weighted by atomic mass is 16.1. The van der Waals surface area contributed by atoms with Crippen LogP contribution in [-0.4, -0.2) is 10.8 Å². The van der Waals surface area contributed by atoms with E-state index in [1.165, 1.54) is 11.1 Å². The van der Waals surface area contributed by atoms with Crippen molar-refractivity contribution in [1.29, 1.82) is 0 Å². The van der Waals surface area contributed by atoms with E-state index in [0.717, 1.165) is 22.2 Å². The average molecular weight is 201 g/mol. The fourth-order valence-corrected chi connectivity index (χ4v) is 2.13. The summed E-state index contributed by atoms with van der Waals surface area (Å²) in [5, 5.41) is 1.16. The number of carbonyl (C=O) groups is 1. The van der Waals surface area contributed by atoms with Crippen molar-refractivity contribution in [3.05, 3.63) is 34.5 Å². The number of H-pyrrole nitrogens is 1. The molecule has 78 valence electrons. The largest absolute Gasteiger partial charge is 0.352 e. The summed E-state index contributed by atoms with van der Waals surface area (Å²) in [4.78, 5) is 14.6. The first kappa shape index (κ1) is 9.97. The lowest BCUT2D eigenvalue weighted by Crippen LogP contribution is -1.93. The minimum atomic E-state index is 0.0979. The summed E-state index contributed by atoms with van der Waals surface area (Å²) in [7, 11) is 0. The van der Waals surface area contributed by atoms with E-state index < -0.39 is 0 Å². The van der Waals surface area contributed by atoms with Crippen molar-refractivity contribution in [1.82, 2.24) is 4.98 Å². The summed E-state index contributed by atoms with van der Waals surface area (Å²) in [5.74, 6) is 0.0979. The summed E-state index contributed by atoms with van der Waals surface area (Å²) in [6.45, 7) is 7.73. The SMILES string of the molecule is CC(=O)c1[nH]c2c(C)cc(C)cc2c1C. The molecule has 15 heavy (non-hydrogen) atoms. The number of nitrogens with one attached hydrogen (secondary N) is 1. The number of Topliss-reactive ketones (excluding diaryl/α,β-unsaturated/α-hetero) is 1. The molecule has 2 aromatic rings. The number of aromatic amines is 1. The van der Waals surface area contributed by atoms with Crippen LogP contribution in [0.25, 0.3) is 10.9 Å². The van der Waals surface area contributed by atoms with Gasteiger partial charge in [0.25, 0.3) is 0 Å². The molecule has 2 nitrogen and oxygen atoms in total. The van der Waals surface area contributed by atoms with Crippen LogP contribution in [0.5, 0.6) is 0 Å². The van der Waals surface area contributed by atoms with Crippen LogP contribution in [0.3, 0.4) is 0 Å². The average Bonchev–Trinajstić information content (AvgIpc) is 2.44. The molecule has 0 aliphatic carbocycles. The molecular weight excluding hydrogens is 186 g/mol. The van der Waals surface area contributed by atoms with Crippen molar-refractivity contribution >= 4 is 16.7 Å². The molecule has 1 N–H and O–H groups in total. The van der Waals surface area contributed by atoms with Crippen LogP contribution in [-0.2, 0) is 0 Å². The zero-order chi connectivity index (χ0) is 11.2. The third-order valence-electron chi connectivity index (χ3n) is 2.86. The van der Waals surface area contributed by atoms with Crippen molar-refractivity contribution in [3.8, 4) is 0 Å². The Morgan fingerprint density at radius 3 is 2.47 bits per heavy atom. The molecule has 0 fully saturated rings. The van der Waals surface area contributed by atoms with E-state index in [9.17, 15) is 4.79 Å². The predicted molar refractivity (Wildman–Crippen MR) is 62.5 cm³/mol. The van der Waals surface area contributed by atoms with Crippen LogP contribution in [0.2, 0.25) is 0 Å². The second-order valence-electron chi connectivity index (χ2n) is 4.19. The second kappa shape index (κ2) is 3.23. The molecule has 0 aliphatic rings. The summed E-state index contributed by atoms with van der Waals surface area (Å²) < 4.78 is 0. The lowest BCUT2D eigenvalue weighted by Gasteiger charge is -1.99. The molecule has 2 rings (SSSR count). The molecule has 0 aliphatic heterocycles. The van der Waals surface area contributed by atoms with E-state index in [4.69, 9.17) is 0 Å². The molecular formula is C13H15NO. The van der Waals surface area contributed by atoms with Gasteiger partial charge in [-0.25, -0.2) is 0 Å². The van der Waals surface area contributed by atoms with Gasteiger partial charge in [-0.15, -0.1) is 0 Å². The normalized spacial score (nSPS) is 10.9. The van der Waals surface area contributed by atoms with Gasteiger partial charge in [-0.3, -0.25) is 4.79 Å². The maximum absolute atomic E-state index is 11.4. The van der Waals surface area contributed by atoms with E-state index in [1.54, 1.807) is 6.92 Å². The second-order valence-corrected chi connectivity index (χ2v) is 4.19. The van der Waals surface area contributed by atoms with Gasteiger partial charge >= 0.3 is 0 Å². The van der Waals surface area contributed by atoms with E-state index in [2.05, 4.69) is 31.0 Å². The molecule has 0 radical (unpaired) electrons. The Morgan fingerprint density at radius 1 is 1.20 bits per heavy atom. The Hall–Kier alpha value is -1.57. The zero-order valence-electron chi connectivity index (χ0n) is 9.56. The molecule has 1 heterocycles. The van der Waals surface area contributed by atoms with Gasteiger partial charge in [0.05, 0.1) is 5.69 Å². The van der Waals surface area contributed by atoms with E-state index in [0.29, 0.717) is 0 Å². The van der Waals surface area contributed by atoms with Crippen LogP contribution >= 0.6 is 0 Å². The summed E-state index contributed by atoms with van der Waals surface area (Å²) in [5.41, 5.74) is 5.31. The lowest BCUT2D eigenvalue weighted by atomic mass is 10.1. The highest BCUT2D eigenvalue weighted by Crippen LogP contribution is 2.25. The number of aromatic nitrogens is 1. The Kier molecular flexibility index (Phi) is 2.14. The highest BCUT2D eigenvalue weighted by Gasteiger charge is 2.12. The van der Waals surface area contributed by atoms with Gasteiger partial charge in [0.2, 0.25) is 0 Å². The minimum absolute atomic E-state index is 0.0979. The maximum Gasteiger partial charge on any atom is 0.176 e. The fourth-order valence-electron chi connectivity index (χ4n) is 2.13. The highest BCUT2D eigenvalue weighted by molar-refractivity contribution is 6.01. The Bertz CT molecular complexity index is 549. The van der Waals surface area contributed by atoms with Gasteiger partial charge in [-0.2, -0.15) is 0 Å². The first-order valence-corrected chi connectivity index (χ1v) is 5.11. The van der Waals surface area contributed by atoms with Crippen LogP contribution < -0.4 is 0 Å². The summed E-state index contributed by atoms with van der Waals surface area (Å²) >= 11 is 0. The molecule has 0 spiro atoms. The monoisotopic (exact) mass is 201 g/mol. The number of ketones is 1. The number of fused-ring (bicyclic) bond motifs is 1. The molecule has 0 saturated carbocycles. The summed E-state index contributed by atoms with van der Waals surface area (Å²) in [6, 6.07) is 4.25. The molecule has 0 saturated heterocycles. The number of benzene rings is 1. The number of hydrogen-bond donors (Lipinski definition) is 1. The fraction of sp³-hybridized carbons (Fsp3) is 0.308. The third-order valence-corrected chi connectivity index (χ3v) is 2.86. The van der Waals surface area contributed by atoms with Crippen molar-refractivity contribution in [2.24, 2.45) is 0 Å². The Labute approximate surface area is 89.3 Å². The third kappa shape index (κ3) is 1.46. The zero-order valence-corrected chi connectivity index (χ0v) is 9.56. The Morgan fingerprint density at radius 2 is 1.87 bits per heavy atom. The predicted octanol–water partition coefficient (Wildman–Crippen LogP) is 3.30.